The molecule has 0 radical (unpaired) electrons. The third-order valence-corrected chi connectivity index (χ3v) is 4.05. The van der Waals surface area contributed by atoms with Crippen molar-refractivity contribution in [2.75, 3.05) is 31.4 Å². The zero-order chi connectivity index (χ0) is 21.4. The van der Waals surface area contributed by atoms with E-state index in [2.05, 4.69) is 10.6 Å². The Kier molecular flexibility index (Phi) is 7.35. The molecule has 10 heteroatoms. The van der Waals surface area contributed by atoms with E-state index in [1.807, 2.05) is 0 Å². The summed E-state index contributed by atoms with van der Waals surface area (Å²) in [5, 5.41) is 16.4. The molecule has 0 unspecified atom stereocenters. The summed E-state index contributed by atoms with van der Waals surface area (Å²) in [5.41, 5.74) is 6.46. The number of nitrogens with one attached hydrogen (secondary N) is 2. The van der Waals surface area contributed by atoms with Crippen LogP contribution in [0.5, 0.6) is 11.5 Å². The third kappa shape index (κ3) is 5.83. The normalized spacial score (nSPS) is 10.1. The van der Waals surface area contributed by atoms with E-state index in [4.69, 9.17) is 15.2 Å². The summed E-state index contributed by atoms with van der Waals surface area (Å²) in [6.07, 6.45) is 0.689. The van der Waals surface area contributed by atoms with Gasteiger partial charge in [0, 0.05) is 36.9 Å². The number of nitrogens with zero attached hydrogens (tertiary/aromatic N) is 1. The van der Waals surface area contributed by atoms with Gasteiger partial charge in [0.05, 0.1) is 30.4 Å². The molecule has 0 aromatic heterocycles. The van der Waals surface area contributed by atoms with Gasteiger partial charge in [-0.3, -0.25) is 19.7 Å². The summed E-state index contributed by atoms with van der Waals surface area (Å²) < 4.78 is 10.3. The molecule has 0 aliphatic carbocycles. The predicted molar refractivity (Wildman–Crippen MR) is 108 cm³/mol. The Morgan fingerprint density at radius 3 is 2.28 bits per heavy atom. The van der Waals surface area contributed by atoms with Gasteiger partial charge in [-0.1, -0.05) is 0 Å². The second-order valence-corrected chi connectivity index (χ2v) is 6.00. The number of carbonyl (C=O) groups excluding carboxylic acids is 2. The van der Waals surface area contributed by atoms with E-state index >= 15 is 0 Å². The average Bonchev–Trinajstić information content (AvgIpc) is 2.70. The zero-order valence-electron chi connectivity index (χ0n) is 16.1. The van der Waals surface area contributed by atoms with Crippen LogP contribution in [0.2, 0.25) is 0 Å². The molecule has 4 N–H and O–H groups in total. The molecule has 2 aromatic carbocycles. The van der Waals surface area contributed by atoms with Gasteiger partial charge in [0.2, 0.25) is 5.91 Å². The smallest absolute Gasteiger partial charge is 0.269 e. The van der Waals surface area contributed by atoms with Crippen LogP contribution in [-0.2, 0) is 4.79 Å². The van der Waals surface area contributed by atoms with Gasteiger partial charge in [0.1, 0.15) is 0 Å². The molecule has 0 saturated carbocycles. The summed E-state index contributed by atoms with van der Waals surface area (Å²) in [7, 11) is 2.87. The molecule has 0 aliphatic heterocycles. The standard InChI is InChI=1S/C19H22N4O6/c1-28-16-10-14(19(20)25)15(11-17(16)29-2)22-18(24)4-3-9-21-12-5-7-13(8-6-12)23(26)27/h5-8,10-11,21H,3-4,9H2,1-2H3,(H2,20,25)(H,22,24). The largest absolute Gasteiger partial charge is 0.493 e. The van der Waals surface area contributed by atoms with Crippen molar-refractivity contribution >= 4 is 28.9 Å². The van der Waals surface area contributed by atoms with Gasteiger partial charge in [-0.25, -0.2) is 0 Å². The third-order valence-electron chi connectivity index (χ3n) is 4.05. The summed E-state index contributed by atoms with van der Waals surface area (Å²) in [5.74, 6) is -0.328. The van der Waals surface area contributed by atoms with Crippen molar-refractivity contribution in [3.63, 3.8) is 0 Å². The number of rotatable bonds is 10. The minimum atomic E-state index is -0.707. The predicted octanol–water partition coefficient (Wildman–Crippen LogP) is 2.54. The van der Waals surface area contributed by atoms with Crippen molar-refractivity contribution in [3.8, 4) is 11.5 Å². The quantitative estimate of drug-likeness (QED) is 0.314. The van der Waals surface area contributed by atoms with E-state index in [-0.39, 0.29) is 29.3 Å². The van der Waals surface area contributed by atoms with E-state index in [0.717, 1.165) is 0 Å². The first-order valence-electron chi connectivity index (χ1n) is 8.69. The summed E-state index contributed by atoms with van der Waals surface area (Å²) in [6.45, 7) is 0.486. The molecule has 0 atom stereocenters. The molecule has 0 aliphatic rings. The Hall–Kier alpha value is -3.82. The van der Waals surface area contributed by atoms with Crippen LogP contribution < -0.4 is 25.8 Å². The van der Waals surface area contributed by atoms with Crippen LogP contribution in [0.15, 0.2) is 36.4 Å². The van der Waals surface area contributed by atoms with Crippen molar-refractivity contribution in [2.45, 2.75) is 12.8 Å². The molecule has 154 valence electrons. The highest BCUT2D eigenvalue weighted by atomic mass is 16.6. The fourth-order valence-electron chi connectivity index (χ4n) is 2.58. The molecule has 0 saturated heterocycles. The number of hydrogen-bond donors (Lipinski definition) is 3. The van der Waals surface area contributed by atoms with Crippen molar-refractivity contribution in [3.05, 3.63) is 52.1 Å². The molecule has 0 bridgehead atoms. The molecular weight excluding hydrogens is 380 g/mol. The number of hydrogen-bond acceptors (Lipinski definition) is 7. The first kappa shape index (κ1) is 21.5. The number of methoxy groups -OCH3 is 2. The van der Waals surface area contributed by atoms with E-state index in [9.17, 15) is 19.7 Å². The van der Waals surface area contributed by atoms with Crippen molar-refractivity contribution in [2.24, 2.45) is 5.73 Å². The van der Waals surface area contributed by atoms with Gasteiger partial charge in [0.25, 0.3) is 11.6 Å². The molecule has 0 heterocycles. The lowest BCUT2D eigenvalue weighted by Gasteiger charge is -2.14. The Balaban J connectivity index is 1.91. The van der Waals surface area contributed by atoms with Crippen LogP contribution in [0.4, 0.5) is 17.1 Å². The first-order valence-corrected chi connectivity index (χ1v) is 8.69. The molecule has 2 aromatic rings. The van der Waals surface area contributed by atoms with Gasteiger partial charge in [-0.2, -0.15) is 0 Å². The van der Waals surface area contributed by atoms with Gasteiger partial charge in [-0.05, 0) is 24.6 Å². The Bertz CT molecular complexity index is 898. The van der Waals surface area contributed by atoms with Crippen LogP contribution in [-0.4, -0.2) is 37.5 Å². The van der Waals surface area contributed by atoms with Crippen molar-refractivity contribution in [1.82, 2.24) is 0 Å². The number of nitro benzene ring substituents is 1. The minimum Gasteiger partial charge on any atom is -0.493 e. The van der Waals surface area contributed by atoms with E-state index in [1.54, 1.807) is 12.1 Å². The number of benzene rings is 2. The van der Waals surface area contributed by atoms with Crippen LogP contribution >= 0.6 is 0 Å². The highest BCUT2D eigenvalue weighted by Crippen LogP contribution is 2.33. The molecule has 10 nitrogen and oxygen atoms in total. The van der Waals surface area contributed by atoms with Gasteiger partial charge >= 0.3 is 0 Å². The van der Waals surface area contributed by atoms with Gasteiger partial charge in [-0.15, -0.1) is 0 Å². The Labute approximate surface area is 167 Å². The number of amides is 2. The topological polar surface area (TPSA) is 146 Å². The fraction of sp³-hybridized carbons (Fsp3) is 0.263. The lowest BCUT2D eigenvalue weighted by molar-refractivity contribution is -0.384. The molecule has 2 amide bonds. The van der Waals surface area contributed by atoms with E-state index < -0.39 is 10.8 Å². The maximum atomic E-state index is 12.2. The van der Waals surface area contributed by atoms with E-state index in [1.165, 1.54) is 38.5 Å². The molecule has 0 spiro atoms. The van der Waals surface area contributed by atoms with Crippen LogP contribution in [0, 0.1) is 10.1 Å². The number of ether oxygens (including phenoxy) is 2. The molecular formula is C19H22N4O6. The zero-order valence-corrected chi connectivity index (χ0v) is 16.1. The van der Waals surface area contributed by atoms with E-state index in [0.29, 0.717) is 30.2 Å². The number of nitro groups is 1. The number of anilines is 2. The monoisotopic (exact) mass is 402 g/mol. The van der Waals surface area contributed by atoms with Crippen LogP contribution in [0.1, 0.15) is 23.2 Å². The Morgan fingerprint density at radius 2 is 1.72 bits per heavy atom. The first-order chi connectivity index (χ1) is 13.8. The van der Waals surface area contributed by atoms with Gasteiger partial charge < -0.3 is 25.8 Å². The van der Waals surface area contributed by atoms with Crippen LogP contribution in [0.3, 0.4) is 0 Å². The second-order valence-electron chi connectivity index (χ2n) is 6.00. The lowest BCUT2D eigenvalue weighted by atomic mass is 10.1. The maximum Gasteiger partial charge on any atom is 0.269 e. The van der Waals surface area contributed by atoms with Crippen LogP contribution in [0.25, 0.3) is 0 Å². The fourth-order valence-corrected chi connectivity index (χ4v) is 2.58. The van der Waals surface area contributed by atoms with Gasteiger partial charge in [0.15, 0.2) is 11.5 Å². The highest BCUT2D eigenvalue weighted by molar-refractivity contribution is 6.03. The summed E-state index contributed by atoms with van der Waals surface area (Å²) in [4.78, 5) is 34.1. The van der Waals surface area contributed by atoms with Crippen molar-refractivity contribution < 1.29 is 24.0 Å². The molecule has 29 heavy (non-hydrogen) atoms. The summed E-state index contributed by atoms with van der Waals surface area (Å²) in [6, 6.07) is 8.88. The second kappa shape index (κ2) is 9.93. The average molecular weight is 402 g/mol. The Morgan fingerprint density at radius 1 is 1.10 bits per heavy atom. The number of primary amides is 1. The number of carbonyl (C=O) groups is 2. The maximum absolute atomic E-state index is 12.2. The van der Waals surface area contributed by atoms with Crippen molar-refractivity contribution in [1.29, 1.82) is 0 Å². The minimum absolute atomic E-state index is 0.00935. The summed E-state index contributed by atoms with van der Waals surface area (Å²) >= 11 is 0. The lowest BCUT2D eigenvalue weighted by Crippen LogP contribution is -2.19. The molecule has 0 fully saturated rings. The highest BCUT2D eigenvalue weighted by Gasteiger charge is 2.16. The number of nitrogens with two attached hydrogens (primary N) is 1. The number of non-ortho nitro benzene ring substituents is 1. The molecule has 2 rings (SSSR count). The SMILES string of the molecule is COc1cc(NC(=O)CCCNc2ccc([N+](=O)[O-])cc2)c(C(N)=O)cc1OC.